The minimum atomic E-state index is -3.73. The lowest BCUT2D eigenvalue weighted by molar-refractivity contribution is 0.585. The van der Waals surface area contributed by atoms with Crippen molar-refractivity contribution in [3.05, 3.63) is 47.3 Å². The average Bonchev–Trinajstić information content (AvgIpc) is 3.01. The van der Waals surface area contributed by atoms with Crippen LogP contribution in [0.4, 0.5) is 5.82 Å². The summed E-state index contributed by atoms with van der Waals surface area (Å²) in [6.45, 7) is 3.36. The van der Waals surface area contributed by atoms with Gasteiger partial charge in [0.25, 0.3) is 10.0 Å². The molecule has 9 heteroatoms. The maximum absolute atomic E-state index is 13.0. The first kappa shape index (κ1) is 16.5. The van der Waals surface area contributed by atoms with Crippen molar-refractivity contribution in [1.29, 1.82) is 0 Å². The van der Waals surface area contributed by atoms with E-state index in [2.05, 4.69) is 36.1 Å². The van der Waals surface area contributed by atoms with Gasteiger partial charge in [-0.05, 0) is 28.1 Å². The van der Waals surface area contributed by atoms with E-state index >= 15 is 0 Å². The largest absolute Gasteiger partial charge is 0.353 e. The van der Waals surface area contributed by atoms with Crippen LogP contribution in [0.25, 0.3) is 11.0 Å². The lowest BCUT2D eigenvalue weighted by Crippen LogP contribution is -2.44. The van der Waals surface area contributed by atoms with Crippen LogP contribution in [-0.2, 0) is 10.0 Å². The summed E-state index contributed by atoms with van der Waals surface area (Å²) in [6, 6.07) is 8.35. The van der Waals surface area contributed by atoms with Crippen molar-refractivity contribution in [2.45, 2.75) is 4.90 Å². The van der Waals surface area contributed by atoms with E-state index in [-0.39, 0.29) is 4.90 Å². The summed E-state index contributed by atoms with van der Waals surface area (Å²) in [6.07, 6.45) is 2.97. The normalized spacial score (nSPS) is 15.6. The molecular formula is C16H16BrN5O2S. The first-order valence-electron chi connectivity index (χ1n) is 7.87. The molecule has 3 aromatic rings. The van der Waals surface area contributed by atoms with Crippen molar-refractivity contribution in [3.63, 3.8) is 0 Å². The Bertz CT molecular complexity index is 1010. The van der Waals surface area contributed by atoms with Crippen molar-refractivity contribution in [3.8, 4) is 0 Å². The van der Waals surface area contributed by atoms with Crippen LogP contribution in [0.15, 0.2) is 52.2 Å². The predicted molar refractivity (Wildman–Crippen MR) is 99.3 cm³/mol. The maximum Gasteiger partial charge on any atom is 0.269 e. The van der Waals surface area contributed by atoms with Crippen LogP contribution >= 0.6 is 15.9 Å². The van der Waals surface area contributed by atoms with Gasteiger partial charge in [0.15, 0.2) is 5.65 Å². The topological polar surface area (TPSA) is 80.1 Å². The molecule has 0 saturated carbocycles. The van der Waals surface area contributed by atoms with E-state index in [1.54, 1.807) is 36.5 Å². The number of hydrogen-bond acceptors (Lipinski definition) is 6. The Labute approximate surface area is 153 Å². The third-order valence-corrected chi connectivity index (χ3v) is 6.47. The van der Waals surface area contributed by atoms with Crippen LogP contribution in [-0.4, -0.2) is 48.5 Å². The molecule has 0 atom stereocenters. The Hall–Kier alpha value is -1.97. The van der Waals surface area contributed by atoms with Gasteiger partial charge in [0.2, 0.25) is 0 Å². The second-order valence-corrected chi connectivity index (χ2v) is 8.39. The second-order valence-electron chi connectivity index (χ2n) is 5.72. The van der Waals surface area contributed by atoms with E-state index in [0.717, 1.165) is 32.0 Å². The SMILES string of the molecule is O=S(=O)(c1ccccc1)n1cc(Br)c2c(N3CCNCC3)ncnc21. The molecule has 0 amide bonds. The van der Waals surface area contributed by atoms with Crippen molar-refractivity contribution in [2.24, 2.45) is 0 Å². The van der Waals surface area contributed by atoms with Gasteiger partial charge in [-0.15, -0.1) is 0 Å². The standard InChI is InChI=1S/C16H16BrN5O2S/c17-13-10-22(25(23,24)12-4-2-1-3-5-12)16-14(13)15(19-11-20-16)21-8-6-18-7-9-21/h1-5,10-11,18H,6-9H2. The molecule has 2 aromatic heterocycles. The Morgan fingerprint density at radius 3 is 2.52 bits per heavy atom. The van der Waals surface area contributed by atoms with Gasteiger partial charge in [-0.25, -0.2) is 22.4 Å². The van der Waals surface area contributed by atoms with Gasteiger partial charge < -0.3 is 10.2 Å². The van der Waals surface area contributed by atoms with Gasteiger partial charge in [0.1, 0.15) is 12.1 Å². The highest BCUT2D eigenvalue weighted by Crippen LogP contribution is 2.34. The highest BCUT2D eigenvalue weighted by Gasteiger charge is 2.25. The first-order valence-corrected chi connectivity index (χ1v) is 10.1. The van der Waals surface area contributed by atoms with E-state index in [4.69, 9.17) is 0 Å². The average molecular weight is 422 g/mol. The number of nitrogens with zero attached hydrogens (tertiary/aromatic N) is 4. The van der Waals surface area contributed by atoms with Crippen molar-refractivity contribution >= 4 is 42.8 Å². The van der Waals surface area contributed by atoms with Crippen LogP contribution in [0.3, 0.4) is 0 Å². The Morgan fingerprint density at radius 1 is 1.08 bits per heavy atom. The molecule has 1 N–H and O–H groups in total. The summed E-state index contributed by atoms with van der Waals surface area (Å²) < 4.78 is 27.9. The fourth-order valence-corrected chi connectivity index (χ4v) is 5.02. The molecule has 1 aliphatic rings. The number of rotatable bonds is 3. The molecular weight excluding hydrogens is 406 g/mol. The monoisotopic (exact) mass is 421 g/mol. The molecule has 1 aliphatic heterocycles. The Kier molecular flexibility index (Phi) is 4.22. The number of aromatic nitrogens is 3. The lowest BCUT2D eigenvalue weighted by Gasteiger charge is -2.28. The quantitative estimate of drug-likeness (QED) is 0.694. The molecule has 4 rings (SSSR count). The van der Waals surface area contributed by atoms with E-state index in [1.165, 1.54) is 10.3 Å². The Morgan fingerprint density at radius 2 is 1.80 bits per heavy atom. The molecule has 1 saturated heterocycles. The fraction of sp³-hybridized carbons (Fsp3) is 0.250. The lowest BCUT2D eigenvalue weighted by atomic mass is 10.3. The summed E-state index contributed by atoms with van der Waals surface area (Å²) in [7, 11) is -3.73. The zero-order valence-electron chi connectivity index (χ0n) is 13.3. The summed E-state index contributed by atoms with van der Waals surface area (Å²) in [5.74, 6) is 0.750. The number of nitrogens with one attached hydrogen (secondary N) is 1. The summed E-state index contributed by atoms with van der Waals surface area (Å²) in [5.41, 5.74) is 0.374. The van der Waals surface area contributed by atoms with Gasteiger partial charge in [0, 0.05) is 36.8 Å². The number of anilines is 1. The highest BCUT2D eigenvalue weighted by molar-refractivity contribution is 9.10. The number of piperazine rings is 1. The summed E-state index contributed by atoms with van der Waals surface area (Å²) >= 11 is 3.49. The minimum absolute atomic E-state index is 0.224. The van der Waals surface area contributed by atoms with E-state index in [9.17, 15) is 8.42 Å². The number of halogens is 1. The fourth-order valence-electron chi connectivity index (χ4n) is 2.98. The first-order chi connectivity index (χ1) is 12.1. The maximum atomic E-state index is 13.0. The number of hydrogen-bond donors (Lipinski definition) is 1. The molecule has 25 heavy (non-hydrogen) atoms. The smallest absolute Gasteiger partial charge is 0.269 e. The van der Waals surface area contributed by atoms with Crippen molar-refractivity contribution in [2.75, 3.05) is 31.1 Å². The third kappa shape index (κ3) is 2.82. The molecule has 0 aliphatic carbocycles. The van der Waals surface area contributed by atoms with E-state index in [1.807, 2.05) is 0 Å². The minimum Gasteiger partial charge on any atom is -0.353 e. The van der Waals surface area contributed by atoms with Crippen LogP contribution in [0, 0.1) is 0 Å². The van der Waals surface area contributed by atoms with E-state index in [0.29, 0.717) is 15.5 Å². The van der Waals surface area contributed by atoms with Crippen molar-refractivity contribution in [1.82, 2.24) is 19.3 Å². The van der Waals surface area contributed by atoms with Gasteiger partial charge >= 0.3 is 0 Å². The summed E-state index contributed by atoms with van der Waals surface area (Å²) in [5, 5.41) is 4.01. The molecule has 7 nitrogen and oxygen atoms in total. The van der Waals surface area contributed by atoms with Crippen LogP contribution < -0.4 is 10.2 Å². The third-order valence-electron chi connectivity index (χ3n) is 4.20. The van der Waals surface area contributed by atoms with Gasteiger partial charge in [-0.1, -0.05) is 18.2 Å². The Balaban J connectivity index is 1.90. The molecule has 0 unspecified atom stereocenters. The van der Waals surface area contributed by atoms with Crippen LogP contribution in [0.5, 0.6) is 0 Å². The highest BCUT2D eigenvalue weighted by atomic mass is 79.9. The molecule has 1 fully saturated rings. The molecule has 0 spiro atoms. The zero-order valence-corrected chi connectivity index (χ0v) is 15.7. The van der Waals surface area contributed by atoms with Gasteiger partial charge in [0.05, 0.1) is 10.3 Å². The molecule has 0 radical (unpaired) electrons. The second kappa shape index (κ2) is 6.40. The van der Waals surface area contributed by atoms with E-state index < -0.39 is 10.0 Å². The predicted octanol–water partition coefficient (Wildman–Crippen LogP) is 1.84. The summed E-state index contributed by atoms with van der Waals surface area (Å²) in [4.78, 5) is 11.0. The molecule has 3 heterocycles. The number of benzene rings is 1. The van der Waals surface area contributed by atoms with Crippen LogP contribution in [0.2, 0.25) is 0 Å². The van der Waals surface area contributed by atoms with Crippen molar-refractivity contribution < 1.29 is 8.42 Å². The van der Waals surface area contributed by atoms with Gasteiger partial charge in [-0.2, -0.15) is 0 Å². The van der Waals surface area contributed by atoms with Crippen LogP contribution in [0.1, 0.15) is 0 Å². The molecule has 1 aromatic carbocycles. The molecule has 130 valence electrons. The van der Waals surface area contributed by atoms with Gasteiger partial charge in [-0.3, -0.25) is 0 Å². The number of fused-ring (bicyclic) bond motifs is 1. The zero-order chi connectivity index (χ0) is 17.4. The molecule has 0 bridgehead atoms.